The summed E-state index contributed by atoms with van der Waals surface area (Å²) in [4.78, 5) is 22.9. The van der Waals surface area contributed by atoms with Crippen molar-refractivity contribution in [2.75, 3.05) is 13.6 Å². The molecule has 1 aliphatic rings. The van der Waals surface area contributed by atoms with Crippen LogP contribution in [0, 0.1) is 5.41 Å². The minimum Gasteiger partial charge on any atom is -0.300 e. The summed E-state index contributed by atoms with van der Waals surface area (Å²) in [5.74, 6) is 0.417. The third-order valence-electron chi connectivity index (χ3n) is 5.53. The number of H-pyrrole nitrogens is 1. The van der Waals surface area contributed by atoms with E-state index in [1.54, 1.807) is 6.07 Å². The predicted octanol–water partition coefficient (Wildman–Crippen LogP) is 2.22. The first kappa shape index (κ1) is 16.0. The first-order valence-electron chi connectivity index (χ1n) is 8.57. The number of aromatic amines is 1. The first-order valence-corrected chi connectivity index (χ1v) is 8.57. The molecule has 1 N–H and O–H groups in total. The van der Waals surface area contributed by atoms with E-state index in [9.17, 15) is 4.79 Å². The smallest absolute Gasteiger partial charge is 0.274 e. The molecule has 25 heavy (non-hydrogen) atoms. The van der Waals surface area contributed by atoms with Crippen LogP contribution in [0.4, 0.5) is 0 Å². The van der Waals surface area contributed by atoms with Crippen LogP contribution in [0.15, 0.2) is 47.5 Å². The van der Waals surface area contributed by atoms with Crippen molar-refractivity contribution in [3.05, 3.63) is 64.3 Å². The molecule has 1 aromatic carbocycles. The maximum absolute atomic E-state index is 12.1. The lowest BCUT2D eigenvalue weighted by Gasteiger charge is -2.27. The van der Waals surface area contributed by atoms with Crippen molar-refractivity contribution in [1.82, 2.24) is 24.5 Å². The Bertz CT molecular complexity index is 959. The molecule has 1 atom stereocenters. The Morgan fingerprint density at radius 1 is 1.28 bits per heavy atom. The van der Waals surface area contributed by atoms with Crippen LogP contribution in [0.2, 0.25) is 0 Å². The summed E-state index contributed by atoms with van der Waals surface area (Å²) in [6.07, 6.45) is 2.65. The maximum atomic E-state index is 12.1. The molecule has 6 heteroatoms. The highest BCUT2D eigenvalue weighted by Crippen LogP contribution is 2.64. The molecule has 0 radical (unpaired) electrons. The van der Waals surface area contributed by atoms with Gasteiger partial charge in [0.1, 0.15) is 6.33 Å². The average Bonchev–Trinajstić information content (AvgIpc) is 2.92. The number of nitrogens with one attached hydrogen (secondary N) is 1. The van der Waals surface area contributed by atoms with Crippen LogP contribution in [0.5, 0.6) is 0 Å². The fraction of sp³-hybridized carbons (Fsp3) is 0.421. The van der Waals surface area contributed by atoms with Crippen molar-refractivity contribution in [2.45, 2.75) is 32.2 Å². The van der Waals surface area contributed by atoms with Gasteiger partial charge in [-0.3, -0.25) is 14.8 Å². The molecule has 3 aromatic rings. The minimum absolute atomic E-state index is 0.129. The van der Waals surface area contributed by atoms with Gasteiger partial charge in [0.05, 0.1) is 5.69 Å². The van der Waals surface area contributed by atoms with Crippen LogP contribution >= 0.6 is 0 Å². The van der Waals surface area contributed by atoms with E-state index < -0.39 is 0 Å². The molecule has 0 bridgehead atoms. The van der Waals surface area contributed by atoms with Crippen LogP contribution in [0.3, 0.4) is 0 Å². The molecule has 0 spiro atoms. The van der Waals surface area contributed by atoms with Gasteiger partial charge in [-0.05, 0) is 24.4 Å². The van der Waals surface area contributed by atoms with E-state index in [1.807, 2.05) is 0 Å². The largest absolute Gasteiger partial charge is 0.300 e. The minimum atomic E-state index is -0.129. The molecule has 0 amide bonds. The Labute approximate surface area is 146 Å². The van der Waals surface area contributed by atoms with Crippen LogP contribution in [-0.2, 0) is 12.0 Å². The van der Waals surface area contributed by atoms with Crippen molar-refractivity contribution in [3.8, 4) is 0 Å². The molecular weight excluding hydrogens is 314 g/mol. The molecule has 4 rings (SSSR count). The van der Waals surface area contributed by atoms with Crippen molar-refractivity contribution in [3.63, 3.8) is 0 Å². The Kier molecular flexibility index (Phi) is 3.54. The fourth-order valence-electron chi connectivity index (χ4n) is 4.06. The summed E-state index contributed by atoms with van der Waals surface area (Å²) >= 11 is 0. The van der Waals surface area contributed by atoms with E-state index >= 15 is 0 Å². The molecular formula is C19H23N5O. The second-order valence-electron chi connectivity index (χ2n) is 7.79. The first-order chi connectivity index (χ1) is 11.9. The highest BCUT2D eigenvalue weighted by atomic mass is 16.1. The maximum Gasteiger partial charge on any atom is 0.274 e. The van der Waals surface area contributed by atoms with Gasteiger partial charge in [-0.1, -0.05) is 44.2 Å². The van der Waals surface area contributed by atoms with Crippen LogP contribution < -0.4 is 5.56 Å². The molecule has 130 valence electrons. The number of nitrogens with zero attached hydrogens (tertiary/aromatic N) is 4. The number of hydrogen-bond donors (Lipinski definition) is 1. The summed E-state index contributed by atoms with van der Waals surface area (Å²) in [5.41, 5.74) is 2.45. The summed E-state index contributed by atoms with van der Waals surface area (Å²) in [6.45, 7) is 6.22. The zero-order chi connectivity index (χ0) is 17.7. The molecule has 2 heterocycles. The zero-order valence-electron chi connectivity index (χ0n) is 14.9. The molecule has 2 aromatic heterocycles. The highest BCUT2D eigenvalue weighted by Gasteiger charge is 2.61. The highest BCUT2D eigenvalue weighted by molar-refractivity contribution is 5.37. The Hall–Kier alpha value is -2.47. The van der Waals surface area contributed by atoms with E-state index in [0.29, 0.717) is 12.3 Å². The standard InChI is InChI=1S/C19H23N5O/c1-18(2)11-19(18,14-7-5-4-6-8-14)12-23(3)10-15-9-16(25)24-17(22-15)20-13-21-24/h4-9,13H,10-12H2,1-3H3,(H,20,21,22)/t19-/m1/s1. The SMILES string of the molecule is CN(Cc1cc(=O)n2[nH]cnc2n1)C[C@@]1(c2ccccc2)CC1(C)C. The lowest BCUT2D eigenvalue weighted by molar-refractivity contribution is 0.268. The Balaban J connectivity index is 1.56. The average molecular weight is 337 g/mol. The van der Waals surface area contributed by atoms with E-state index in [-0.39, 0.29) is 16.4 Å². The normalized spacial score (nSPS) is 21.8. The molecule has 0 aliphatic heterocycles. The second kappa shape index (κ2) is 5.52. The van der Waals surface area contributed by atoms with Crippen molar-refractivity contribution in [1.29, 1.82) is 0 Å². The lowest BCUT2D eigenvalue weighted by atomic mass is 9.87. The number of hydrogen-bond acceptors (Lipinski definition) is 4. The van der Waals surface area contributed by atoms with E-state index in [0.717, 1.165) is 12.2 Å². The van der Waals surface area contributed by atoms with Gasteiger partial charge in [0.25, 0.3) is 11.3 Å². The molecule has 1 saturated carbocycles. The summed E-state index contributed by atoms with van der Waals surface area (Å²) in [6, 6.07) is 12.3. The third-order valence-corrected chi connectivity index (χ3v) is 5.53. The number of rotatable bonds is 5. The van der Waals surface area contributed by atoms with Crippen molar-refractivity contribution < 1.29 is 0 Å². The molecule has 6 nitrogen and oxygen atoms in total. The van der Waals surface area contributed by atoms with Gasteiger partial charge in [0.2, 0.25) is 0 Å². The third kappa shape index (κ3) is 2.66. The number of aromatic nitrogens is 4. The summed E-state index contributed by atoms with van der Waals surface area (Å²) in [7, 11) is 2.09. The number of likely N-dealkylation sites (N-methyl/N-ethyl adjacent to an activating group) is 1. The van der Waals surface area contributed by atoms with Gasteiger partial charge in [-0.2, -0.15) is 4.52 Å². The van der Waals surface area contributed by atoms with Gasteiger partial charge < -0.3 is 0 Å². The molecule has 0 unspecified atom stereocenters. The second-order valence-corrected chi connectivity index (χ2v) is 7.79. The molecule has 1 aliphatic carbocycles. The van der Waals surface area contributed by atoms with Crippen molar-refractivity contribution >= 4 is 5.78 Å². The predicted molar refractivity (Wildman–Crippen MR) is 96.5 cm³/mol. The van der Waals surface area contributed by atoms with E-state index in [4.69, 9.17) is 0 Å². The summed E-state index contributed by atoms with van der Waals surface area (Å²) in [5, 5.41) is 2.77. The Morgan fingerprint density at radius 3 is 2.68 bits per heavy atom. The Morgan fingerprint density at radius 2 is 2.00 bits per heavy atom. The van der Waals surface area contributed by atoms with Gasteiger partial charge in [-0.15, -0.1) is 0 Å². The van der Waals surface area contributed by atoms with E-state index in [2.05, 4.69) is 71.2 Å². The monoisotopic (exact) mass is 337 g/mol. The number of benzene rings is 1. The zero-order valence-corrected chi connectivity index (χ0v) is 14.9. The topological polar surface area (TPSA) is 66.3 Å². The fourth-order valence-corrected chi connectivity index (χ4v) is 4.06. The van der Waals surface area contributed by atoms with Crippen molar-refractivity contribution in [2.24, 2.45) is 5.41 Å². The van der Waals surface area contributed by atoms with Gasteiger partial charge in [0, 0.05) is 24.6 Å². The van der Waals surface area contributed by atoms with Crippen LogP contribution in [0.1, 0.15) is 31.5 Å². The molecule has 1 fully saturated rings. The van der Waals surface area contributed by atoms with Crippen LogP contribution in [0.25, 0.3) is 5.78 Å². The number of fused-ring (bicyclic) bond motifs is 1. The van der Waals surface area contributed by atoms with Crippen LogP contribution in [-0.4, -0.2) is 38.1 Å². The quantitative estimate of drug-likeness (QED) is 0.775. The lowest BCUT2D eigenvalue weighted by Crippen LogP contribution is -2.32. The van der Waals surface area contributed by atoms with Gasteiger partial charge in [-0.25, -0.2) is 9.97 Å². The van der Waals surface area contributed by atoms with Gasteiger partial charge in [0.15, 0.2) is 0 Å². The summed E-state index contributed by atoms with van der Waals surface area (Å²) < 4.78 is 1.35. The van der Waals surface area contributed by atoms with Gasteiger partial charge >= 0.3 is 0 Å². The molecule has 0 saturated heterocycles. The van der Waals surface area contributed by atoms with E-state index in [1.165, 1.54) is 22.8 Å².